The number of benzene rings is 2. The molecule has 0 spiro atoms. The Bertz CT molecular complexity index is 1210. The van der Waals surface area contributed by atoms with Gasteiger partial charge in [-0.2, -0.15) is 0 Å². The second-order valence-corrected chi connectivity index (χ2v) is 7.78. The van der Waals surface area contributed by atoms with Gasteiger partial charge in [0.1, 0.15) is 16.4 Å². The van der Waals surface area contributed by atoms with Gasteiger partial charge < -0.3 is 14.6 Å². The third-order valence-corrected chi connectivity index (χ3v) is 5.86. The van der Waals surface area contributed by atoms with Crippen LogP contribution in [0.1, 0.15) is 22.3 Å². The molecule has 2 aromatic carbocycles. The van der Waals surface area contributed by atoms with Crippen molar-refractivity contribution in [3.8, 4) is 10.6 Å². The van der Waals surface area contributed by atoms with E-state index in [2.05, 4.69) is 10.3 Å². The van der Waals surface area contributed by atoms with Crippen molar-refractivity contribution in [2.45, 2.75) is 20.4 Å². The largest absolute Gasteiger partial charge is 0.465 e. The monoisotopic (exact) mass is 419 g/mol. The number of amides is 1. The van der Waals surface area contributed by atoms with Gasteiger partial charge in [0.15, 0.2) is 0 Å². The van der Waals surface area contributed by atoms with Gasteiger partial charge in [-0.25, -0.2) is 4.98 Å². The molecule has 4 rings (SSSR count). The summed E-state index contributed by atoms with van der Waals surface area (Å²) in [5.74, 6) is -0.459. The van der Waals surface area contributed by atoms with Gasteiger partial charge in [-0.1, -0.05) is 30.3 Å². The zero-order valence-electron chi connectivity index (χ0n) is 16.7. The van der Waals surface area contributed by atoms with Gasteiger partial charge in [0.25, 0.3) is 5.91 Å². The first-order valence-corrected chi connectivity index (χ1v) is 10.5. The lowest BCUT2D eigenvalue weighted by molar-refractivity contribution is -0.143. The van der Waals surface area contributed by atoms with Crippen LogP contribution in [0.5, 0.6) is 0 Å². The molecule has 1 amide bonds. The highest BCUT2D eigenvalue weighted by Crippen LogP contribution is 2.29. The van der Waals surface area contributed by atoms with Crippen LogP contribution in [0, 0.1) is 6.92 Å². The molecule has 2 heterocycles. The van der Waals surface area contributed by atoms with Gasteiger partial charge in [0.05, 0.1) is 12.3 Å². The Hall–Kier alpha value is -3.45. The molecule has 0 aliphatic heterocycles. The third kappa shape index (κ3) is 4.11. The van der Waals surface area contributed by atoms with E-state index in [-0.39, 0.29) is 18.4 Å². The normalized spacial score (nSPS) is 10.9. The van der Waals surface area contributed by atoms with Gasteiger partial charge in [-0.05, 0) is 38.1 Å². The Morgan fingerprint density at radius 1 is 1.13 bits per heavy atom. The van der Waals surface area contributed by atoms with Crippen molar-refractivity contribution in [2.75, 3.05) is 11.9 Å². The summed E-state index contributed by atoms with van der Waals surface area (Å²) in [4.78, 5) is 29.7. The summed E-state index contributed by atoms with van der Waals surface area (Å²) in [5.41, 5.74) is 3.30. The fourth-order valence-electron chi connectivity index (χ4n) is 3.26. The van der Waals surface area contributed by atoms with E-state index >= 15 is 0 Å². The fourth-order valence-corrected chi connectivity index (χ4v) is 4.23. The number of aryl methyl sites for hydroxylation is 1. The number of aromatic nitrogens is 2. The van der Waals surface area contributed by atoms with Crippen molar-refractivity contribution < 1.29 is 14.3 Å². The van der Waals surface area contributed by atoms with E-state index in [1.165, 1.54) is 11.3 Å². The highest BCUT2D eigenvalue weighted by molar-refractivity contribution is 7.17. The van der Waals surface area contributed by atoms with Crippen LogP contribution in [0.4, 0.5) is 5.69 Å². The number of ether oxygens (including phenoxy) is 1. The molecule has 0 radical (unpaired) electrons. The van der Waals surface area contributed by atoms with E-state index in [1.807, 2.05) is 72.3 Å². The molecule has 6 nitrogen and oxygen atoms in total. The number of carbonyl (C=O) groups is 2. The van der Waals surface area contributed by atoms with Crippen molar-refractivity contribution >= 4 is 39.8 Å². The lowest BCUT2D eigenvalue weighted by Crippen LogP contribution is -2.13. The van der Waals surface area contributed by atoms with Crippen molar-refractivity contribution in [1.29, 1.82) is 0 Å². The molecule has 0 bridgehead atoms. The average molecular weight is 420 g/mol. The minimum Gasteiger partial charge on any atom is -0.465 e. The number of hydrogen-bond acceptors (Lipinski definition) is 5. The van der Waals surface area contributed by atoms with Gasteiger partial charge in [-0.3, -0.25) is 9.59 Å². The molecule has 0 fully saturated rings. The van der Waals surface area contributed by atoms with Crippen molar-refractivity contribution in [3.63, 3.8) is 0 Å². The van der Waals surface area contributed by atoms with E-state index < -0.39 is 0 Å². The predicted molar refractivity (Wildman–Crippen MR) is 119 cm³/mol. The summed E-state index contributed by atoms with van der Waals surface area (Å²) < 4.78 is 6.84. The van der Waals surface area contributed by atoms with E-state index in [0.29, 0.717) is 22.9 Å². The highest BCUT2D eigenvalue weighted by Gasteiger charge is 2.17. The van der Waals surface area contributed by atoms with E-state index in [0.717, 1.165) is 21.5 Å². The molecule has 0 atom stereocenters. The number of nitrogens with one attached hydrogen (secondary N) is 1. The predicted octanol–water partition coefficient (Wildman–Crippen LogP) is 4.89. The molecule has 0 aliphatic rings. The number of carbonyl (C=O) groups excluding carboxylic acids is 2. The van der Waals surface area contributed by atoms with Crippen LogP contribution in [0.3, 0.4) is 0 Å². The lowest BCUT2D eigenvalue weighted by Gasteiger charge is -2.07. The molecular weight excluding hydrogens is 398 g/mol. The standard InChI is InChI=1S/C23H21N3O3S/c1-3-29-20(27)14-26-12-11-17-13-18(9-10-19(17)26)25-22(28)21-15(2)24-23(30-21)16-7-5-4-6-8-16/h4-13H,3,14H2,1-2H3,(H,25,28). The van der Waals surface area contributed by atoms with Crippen LogP contribution in [-0.4, -0.2) is 28.0 Å². The second kappa shape index (κ2) is 8.51. The van der Waals surface area contributed by atoms with Gasteiger partial charge in [0.2, 0.25) is 0 Å². The number of fused-ring (bicyclic) bond motifs is 1. The Kier molecular flexibility index (Phi) is 5.63. The Morgan fingerprint density at radius 3 is 2.70 bits per heavy atom. The summed E-state index contributed by atoms with van der Waals surface area (Å²) in [7, 11) is 0. The Labute approximate surface area is 178 Å². The zero-order valence-corrected chi connectivity index (χ0v) is 17.5. The number of anilines is 1. The van der Waals surface area contributed by atoms with E-state index in [9.17, 15) is 9.59 Å². The third-order valence-electron chi connectivity index (χ3n) is 4.66. The minimum absolute atomic E-state index is 0.158. The van der Waals surface area contributed by atoms with Crippen LogP contribution < -0.4 is 5.32 Å². The SMILES string of the molecule is CCOC(=O)Cn1ccc2cc(NC(=O)c3sc(-c4ccccc4)nc3C)ccc21. The summed E-state index contributed by atoms with van der Waals surface area (Å²) in [6.45, 7) is 4.15. The van der Waals surface area contributed by atoms with Crippen LogP contribution in [0.15, 0.2) is 60.8 Å². The van der Waals surface area contributed by atoms with E-state index in [4.69, 9.17) is 4.74 Å². The van der Waals surface area contributed by atoms with Crippen molar-refractivity contribution in [1.82, 2.24) is 9.55 Å². The lowest BCUT2D eigenvalue weighted by atomic mass is 10.2. The van der Waals surface area contributed by atoms with Crippen molar-refractivity contribution in [2.24, 2.45) is 0 Å². The van der Waals surface area contributed by atoms with E-state index in [1.54, 1.807) is 6.92 Å². The first-order valence-electron chi connectivity index (χ1n) is 9.64. The Balaban J connectivity index is 1.52. The Morgan fingerprint density at radius 2 is 1.93 bits per heavy atom. The fraction of sp³-hybridized carbons (Fsp3) is 0.174. The van der Waals surface area contributed by atoms with Gasteiger partial charge >= 0.3 is 5.97 Å². The molecule has 1 N–H and O–H groups in total. The quantitative estimate of drug-likeness (QED) is 0.452. The van der Waals surface area contributed by atoms with Gasteiger partial charge in [-0.15, -0.1) is 11.3 Å². The average Bonchev–Trinajstić information content (AvgIpc) is 3.32. The summed E-state index contributed by atoms with van der Waals surface area (Å²) in [5, 5.41) is 4.71. The van der Waals surface area contributed by atoms with Crippen LogP contribution in [-0.2, 0) is 16.1 Å². The van der Waals surface area contributed by atoms with Crippen LogP contribution in [0.25, 0.3) is 21.5 Å². The molecule has 0 saturated carbocycles. The van der Waals surface area contributed by atoms with Gasteiger partial charge in [0, 0.05) is 28.4 Å². The number of esters is 1. The van der Waals surface area contributed by atoms with Crippen LogP contribution in [0.2, 0.25) is 0 Å². The number of rotatable bonds is 6. The molecule has 152 valence electrons. The highest BCUT2D eigenvalue weighted by atomic mass is 32.1. The molecule has 4 aromatic rings. The number of hydrogen-bond donors (Lipinski definition) is 1. The maximum Gasteiger partial charge on any atom is 0.325 e. The first kappa shape index (κ1) is 19.8. The maximum atomic E-state index is 12.8. The molecule has 30 heavy (non-hydrogen) atoms. The van der Waals surface area contributed by atoms with Crippen LogP contribution >= 0.6 is 11.3 Å². The second-order valence-electron chi connectivity index (χ2n) is 6.78. The summed E-state index contributed by atoms with van der Waals surface area (Å²) in [6.07, 6.45) is 1.84. The molecule has 7 heteroatoms. The number of thiazole rings is 1. The minimum atomic E-state index is -0.276. The first-order chi connectivity index (χ1) is 14.5. The maximum absolute atomic E-state index is 12.8. The topological polar surface area (TPSA) is 73.2 Å². The zero-order chi connectivity index (χ0) is 21.1. The van der Waals surface area contributed by atoms with Crippen molar-refractivity contribution in [3.05, 3.63) is 71.4 Å². The molecule has 0 aliphatic carbocycles. The summed E-state index contributed by atoms with van der Waals surface area (Å²) >= 11 is 1.38. The number of nitrogens with zero attached hydrogens (tertiary/aromatic N) is 2. The molecule has 0 saturated heterocycles. The summed E-state index contributed by atoms with van der Waals surface area (Å²) in [6, 6.07) is 17.3. The molecule has 2 aromatic heterocycles. The molecule has 0 unspecified atom stereocenters. The smallest absolute Gasteiger partial charge is 0.325 e. The molecular formula is C23H21N3O3S.